The van der Waals surface area contributed by atoms with Crippen LogP contribution in [0.3, 0.4) is 0 Å². The summed E-state index contributed by atoms with van der Waals surface area (Å²) in [6.07, 6.45) is 4.26. The van der Waals surface area contributed by atoms with Crippen LogP contribution in [-0.4, -0.2) is 67.6 Å². The van der Waals surface area contributed by atoms with Crippen molar-refractivity contribution in [3.63, 3.8) is 0 Å². The average Bonchev–Trinajstić information content (AvgIpc) is 3.54. The Kier molecular flexibility index (Phi) is 5.73. The Morgan fingerprint density at radius 1 is 0.964 bits per heavy atom. The topological polar surface area (TPSA) is 70.2 Å². The van der Waals surface area contributed by atoms with Gasteiger partial charge in [-0.3, -0.25) is 0 Å². The van der Waals surface area contributed by atoms with Crippen LogP contribution >= 0.6 is 11.6 Å². The second-order valence-corrected chi connectivity index (χ2v) is 8.78. The standard InChI is InChI=1S/C21H27ClN6/c1-26-8-10-27(11-9-26)14-15-4-6-28(7-5-15)21-18(13-24)19(16-2-3-16)17(12-23)20(22)25-21/h15-16H,2-11,14H2,1H3. The Balaban J connectivity index is 1.46. The van der Waals surface area contributed by atoms with Crippen LogP contribution in [0.4, 0.5) is 5.82 Å². The highest BCUT2D eigenvalue weighted by Crippen LogP contribution is 2.46. The zero-order chi connectivity index (χ0) is 19.7. The van der Waals surface area contributed by atoms with E-state index >= 15 is 0 Å². The van der Waals surface area contributed by atoms with Gasteiger partial charge < -0.3 is 14.7 Å². The predicted molar refractivity (Wildman–Crippen MR) is 110 cm³/mol. The van der Waals surface area contributed by atoms with Gasteiger partial charge in [-0.15, -0.1) is 0 Å². The minimum absolute atomic E-state index is 0.248. The van der Waals surface area contributed by atoms with Crippen molar-refractivity contribution in [2.45, 2.75) is 31.6 Å². The molecule has 4 rings (SSSR count). The van der Waals surface area contributed by atoms with Crippen molar-refractivity contribution >= 4 is 17.4 Å². The molecule has 1 aliphatic carbocycles. The van der Waals surface area contributed by atoms with Gasteiger partial charge in [-0.2, -0.15) is 10.5 Å². The van der Waals surface area contributed by atoms with Gasteiger partial charge in [0.2, 0.25) is 0 Å². The number of nitrogens with zero attached hydrogens (tertiary/aromatic N) is 6. The van der Waals surface area contributed by atoms with E-state index < -0.39 is 0 Å². The van der Waals surface area contributed by atoms with E-state index in [0.29, 0.717) is 28.8 Å². The fourth-order valence-electron chi connectivity index (χ4n) is 4.51. The van der Waals surface area contributed by atoms with Crippen molar-refractivity contribution in [1.82, 2.24) is 14.8 Å². The summed E-state index contributed by atoms with van der Waals surface area (Å²) >= 11 is 6.34. The minimum atomic E-state index is 0.248. The number of nitriles is 2. The summed E-state index contributed by atoms with van der Waals surface area (Å²) in [7, 11) is 2.19. The highest BCUT2D eigenvalue weighted by Gasteiger charge is 2.34. The van der Waals surface area contributed by atoms with Gasteiger partial charge in [0.1, 0.15) is 23.1 Å². The molecule has 3 heterocycles. The summed E-state index contributed by atoms with van der Waals surface area (Å²) in [5, 5.41) is 19.6. The maximum absolute atomic E-state index is 9.83. The summed E-state index contributed by atoms with van der Waals surface area (Å²) in [6, 6.07) is 4.51. The fourth-order valence-corrected chi connectivity index (χ4v) is 4.73. The molecule has 1 aromatic heterocycles. The lowest BCUT2D eigenvalue weighted by atomic mass is 9.94. The number of piperidine rings is 1. The molecule has 0 N–H and O–H groups in total. The van der Waals surface area contributed by atoms with Gasteiger partial charge in [-0.25, -0.2) is 4.98 Å². The second kappa shape index (κ2) is 8.25. The van der Waals surface area contributed by atoms with Crippen molar-refractivity contribution in [3.8, 4) is 12.1 Å². The van der Waals surface area contributed by atoms with E-state index in [-0.39, 0.29) is 5.15 Å². The Morgan fingerprint density at radius 2 is 1.61 bits per heavy atom. The molecule has 0 amide bonds. The van der Waals surface area contributed by atoms with Gasteiger partial charge in [0.25, 0.3) is 0 Å². The molecule has 148 valence electrons. The maximum Gasteiger partial charge on any atom is 0.149 e. The summed E-state index contributed by atoms with van der Waals surface area (Å²) in [6.45, 7) is 7.59. The van der Waals surface area contributed by atoms with Crippen LogP contribution in [-0.2, 0) is 0 Å². The van der Waals surface area contributed by atoms with Crippen LogP contribution in [0.2, 0.25) is 5.15 Å². The Hall–Kier alpha value is -1.86. The first-order valence-corrected chi connectivity index (χ1v) is 10.7. The van der Waals surface area contributed by atoms with Crippen LogP contribution in [0.1, 0.15) is 48.3 Å². The highest BCUT2D eigenvalue weighted by molar-refractivity contribution is 6.30. The van der Waals surface area contributed by atoms with Crippen LogP contribution in [0.5, 0.6) is 0 Å². The SMILES string of the molecule is CN1CCN(CC2CCN(c3nc(Cl)c(C#N)c(C4CC4)c3C#N)CC2)CC1. The van der Waals surface area contributed by atoms with Crippen LogP contribution in [0.15, 0.2) is 0 Å². The van der Waals surface area contributed by atoms with E-state index in [2.05, 4.69) is 38.9 Å². The number of hydrogen-bond donors (Lipinski definition) is 0. The third-order valence-corrected chi connectivity index (χ3v) is 6.68. The fraction of sp³-hybridized carbons (Fsp3) is 0.667. The van der Waals surface area contributed by atoms with E-state index in [4.69, 9.17) is 11.6 Å². The Morgan fingerprint density at radius 3 is 2.18 bits per heavy atom. The first kappa shape index (κ1) is 19.5. The maximum atomic E-state index is 9.83. The number of likely N-dealkylation sites (N-methyl/N-ethyl adjacent to an activating group) is 1. The van der Waals surface area contributed by atoms with E-state index in [1.807, 2.05) is 0 Å². The minimum Gasteiger partial charge on any atom is -0.355 e. The summed E-state index contributed by atoms with van der Waals surface area (Å²) in [5.41, 5.74) is 1.80. The smallest absolute Gasteiger partial charge is 0.149 e. The molecule has 1 saturated carbocycles. The van der Waals surface area contributed by atoms with Crippen molar-refractivity contribution < 1.29 is 0 Å². The van der Waals surface area contributed by atoms with E-state index in [1.54, 1.807) is 0 Å². The first-order chi connectivity index (χ1) is 13.6. The van der Waals surface area contributed by atoms with Crippen molar-refractivity contribution in [2.75, 3.05) is 57.8 Å². The third kappa shape index (κ3) is 3.96. The summed E-state index contributed by atoms with van der Waals surface area (Å²) in [4.78, 5) is 11.7. The molecule has 2 saturated heterocycles. The zero-order valence-corrected chi connectivity index (χ0v) is 17.3. The molecule has 7 heteroatoms. The van der Waals surface area contributed by atoms with E-state index in [0.717, 1.165) is 70.5 Å². The molecule has 3 aliphatic rings. The third-order valence-electron chi connectivity index (χ3n) is 6.41. The number of piperazine rings is 1. The Bertz CT molecular complexity index is 806. The molecular formula is C21H27ClN6. The van der Waals surface area contributed by atoms with Gasteiger partial charge in [0, 0.05) is 45.8 Å². The van der Waals surface area contributed by atoms with Crippen molar-refractivity contribution in [1.29, 1.82) is 10.5 Å². The lowest BCUT2D eigenvalue weighted by Crippen LogP contribution is -2.47. The number of hydrogen-bond acceptors (Lipinski definition) is 6. The molecular weight excluding hydrogens is 372 g/mol. The zero-order valence-electron chi connectivity index (χ0n) is 16.5. The lowest BCUT2D eigenvalue weighted by Gasteiger charge is -2.38. The van der Waals surface area contributed by atoms with Crippen molar-refractivity contribution in [3.05, 3.63) is 21.8 Å². The van der Waals surface area contributed by atoms with Gasteiger partial charge in [-0.1, -0.05) is 11.6 Å². The molecule has 0 spiro atoms. The van der Waals surface area contributed by atoms with Gasteiger partial charge >= 0.3 is 0 Å². The van der Waals surface area contributed by atoms with E-state index in [9.17, 15) is 10.5 Å². The number of halogens is 1. The first-order valence-electron chi connectivity index (χ1n) is 10.3. The average molecular weight is 399 g/mol. The molecule has 1 aromatic rings. The second-order valence-electron chi connectivity index (χ2n) is 8.42. The number of aromatic nitrogens is 1. The van der Waals surface area contributed by atoms with Gasteiger partial charge in [0.05, 0.1) is 11.1 Å². The molecule has 28 heavy (non-hydrogen) atoms. The van der Waals surface area contributed by atoms with E-state index in [1.165, 1.54) is 6.54 Å². The normalized spacial score (nSPS) is 22.1. The number of pyridine rings is 1. The molecule has 2 aliphatic heterocycles. The number of rotatable bonds is 4. The van der Waals surface area contributed by atoms with Crippen LogP contribution in [0, 0.1) is 28.6 Å². The predicted octanol–water partition coefficient (Wildman–Crippen LogP) is 2.82. The molecule has 0 atom stereocenters. The van der Waals surface area contributed by atoms with Crippen LogP contribution in [0.25, 0.3) is 0 Å². The quantitative estimate of drug-likeness (QED) is 0.726. The molecule has 0 radical (unpaired) electrons. The summed E-state index contributed by atoms with van der Waals surface area (Å²) in [5.74, 6) is 1.67. The van der Waals surface area contributed by atoms with Gasteiger partial charge in [0.15, 0.2) is 0 Å². The monoisotopic (exact) mass is 398 g/mol. The highest BCUT2D eigenvalue weighted by atomic mass is 35.5. The number of anilines is 1. The molecule has 0 unspecified atom stereocenters. The molecule has 3 fully saturated rings. The van der Waals surface area contributed by atoms with Crippen LogP contribution < -0.4 is 4.90 Å². The molecule has 6 nitrogen and oxygen atoms in total. The Labute approximate surface area is 172 Å². The van der Waals surface area contributed by atoms with Gasteiger partial charge in [-0.05, 0) is 50.1 Å². The summed E-state index contributed by atoms with van der Waals surface area (Å²) < 4.78 is 0. The molecule has 0 aromatic carbocycles. The lowest BCUT2D eigenvalue weighted by molar-refractivity contribution is 0.129. The largest absolute Gasteiger partial charge is 0.355 e. The van der Waals surface area contributed by atoms with Crippen molar-refractivity contribution in [2.24, 2.45) is 5.92 Å². The molecule has 0 bridgehead atoms.